The molecular weight excluding hydrogens is 236 g/mol. The van der Waals surface area contributed by atoms with Crippen molar-refractivity contribution in [2.75, 3.05) is 19.6 Å². The van der Waals surface area contributed by atoms with E-state index in [2.05, 4.69) is 22.8 Å². The van der Waals surface area contributed by atoms with Crippen LogP contribution in [-0.2, 0) is 11.2 Å². The van der Waals surface area contributed by atoms with Crippen LogP contribution in [0.2, 0.25) is 0 Å². The first-order valence-corrected chi connectivity index (χ1v) is 5.86. The summed E-state index contributed by atoms with van der Waals surface area (Å²) in [5, 5.41) is 6.17. The van der Waals surface area contributed by atoms with Crippen molar-refractivity contribution in [2.45, 2.75) is 12.8 Å². The summed E-state index contributed by atoms with van der Waals surface area (Å²) in [6, 6.07) is 10.1. The zero-order valence-corrected chi connectivity index (χ0v) is 10.6. The van der Waals surface area contributed by atoms with Gasteiger partial charge < -0.3 is 10.6 Å². The summed E-state index contributed by atoms with van der Waals surface area (Å²) in [4.78, 5) is 11.5. The third-order valence-electron chi connectivity index (χ3n) is 2.94. The molecule has 1 saturated heterocycles. The molecule has 0 bridgehead atoms. The molecule has 1 amide bonds. The Morgan fingerprint density at radius 3 is 2.59 bits per heavy atom. The van der Waals surface area contributed by atoms with Crippen molar-refractivity contribution in [1.82, 2.24) is 10.6 Å². The summed E-state index contributed by atoms with van der Waals surface area (Å²) in [5.74, 6) is 0.802. The van der Waals surface area contributed by atoms with E-state index < -0.39 is 0 Å². The maximum absolute atomic E-state index is 11.5. The molecule has 3 nitrogen and oxygen atoms in total. The highest BCUT2D eigenvalue weighted by Gasteiger charge is 2.16. The highest BCUT2D eigenvalue weighted by molar-refractivity contribution is 5.85. The van der Waals surface area contributed by atoms with Gasteiger partial charge in [0.15, 0.2) is 0 Å². The Labute approximate surface area is 108 Å². The van der Waals surface area contributed by atoms with Crippen molar-refractivity contribution in [3.63, 3.8) is 0 Å². The summed E-state index contributed by atoms with van der Waals surface area (Å²) in [5.41, 5.74) is 1.22. The van der Waals surface area contributed by atoms with Crippen molar-refractivity contribution in [1.29, 1.82) is 0 Å². The third kappa shape index (κ3) is 4.75. The van der Waals surface area contributed by atoms with Gasteiger partial charge in [-0.2, -0.15) is 0 Å². The van der Waals surface area contributed by atoms with E-state index in [0.717, 1.165) is 26.1 Å². The van der Waals surface area contributed by atoms with E-state index >= 15 is 0 Å². The molecular formula is C13H19ClN2O. The number of amides is 1. The molecule has 0 radical (unpaired) electrons. The molecule has 0 unspecified atom stereocenters. The first kappa shape index (κ1) is 14.0. The molecule has 0 aromatic heterocycles. The molecule has 0 atom stereocenters. The van der Waals surface area contributed by atoms with Crippen molar-refractivity contribution < 1.29 is 4.79 Å². The Morgan fingerprint density at radius 1 is 1.29 bits per heavy atom. The minimum atomic E-state index is 0. The lowest BCUT2D eigenvalue weighted by Crippen LogP contribution is -2.48. The van der Waals surface area contributed by atoms with Gasteiger partial charge in [0.25, 0.3) is 0 Å². The largest absolute Gasteiger partial charge is 0.356 e. The predicted molar refractivity (Wildman–Crippen MR) is 71.4 cm³/mol. The number of hydrogen-bond acceptors (Lipinski definition) is 2. The van der Waals surface area contributed by atoms with Gasteiger partial charge in [0.1, 0.15) is 0 Å². The van der Waals surface area contributed by atoms with Crippen LogP contribution in [-0.4, -0.2) is 25.5 Å². The molecule has 2 rings (SSSR count). The Balaban J connectivity index is 0.00000144. The number of nitrogens with one attached hydrogen (secondary N) is 2. The van der Waals surface area contributed by atoms with Crippen LogP contribution in [0, 0.1) is 5.92 Å². The number of benzene rings is 1. The first-order chi connectivity index (χ1) is 7.84. The van der Waals surface area contributed by atoms with Gasteiger partial charge in [-0.1, -0.05) is 30.3 Å². The molecule has 94 valence electrons. The summed E-state index contributed by atoms with van der Waals surface area (Å²) in [7, 11) is 0. The molecule has 0 aliphatic carbocycles. The highest BCUT2D eigenvalue weighted by Crippen LogP contribution is 2.03. The minimum absolute atomic E-state index is 0. The molecule has 1 aliphatic rings. The van der Waals surface area contributed by atoms with E-state index in [1.54, 1.807) is 0 Å². The molecule has 1 fully saturated rings. The van der Waals surface area contributed by atoms with Crippen LogP contribution >= 0.6 is 12.4 Å². The van der Waals surface area contributed by atoms with E-state index in [1.165, 1.54) is 5.56 Å². The number of rotatable bonds is 5. The molecule has 17 heavy (non-hydrogen) atoms. The molecule has 1 aliphatic heterocycles. The zero-order valence-electron chi connectivity index (χ0n) is 9.82. The Hall–Kier alpha value is -1.06. The van der Waals surface area contributed by atoms with Crippen LogP contribution in [0.5, 0.6) is 0 Å². The van der Waals surface area contributed by atoms with E-state index in [1.807, 2.05) is 18.2 Å². The Morgan fingerprint density at radius 2 is 2.00 bits per heavy atom. The van der Waals surface area contributed by atoms with Crippen LogP contribution in [0.3, 0.4) is 0 Å². The van der Waals surface area contributed by atoms with Crippen LogP contribution in [0.4, 0.5) is 0 Å². The fraction of sp³-hybridized carbons (Fsp3) is 0.462. The number of carbonyl (C=O) groups is 1. The van der Waals surface area contributed by atoms with Gasteiger partial charge in [0.2, 0.25) is 5.91 Å². The third-order valence-corrected chi connectivity index (χ3v) is 2.94. The van der Waals surface area contributed by atoms with Crippen LogP contribution in [0.25, 0.3) is 0 Å². The second-order valence-corrected chi connectivity index (χ2v) is 4.31. The van der Waals surface area contributed by atoms with Gasteiger partial charge >= 0.3 is 0 Å². The van der Waals surface area contributed by atoms with Crippen molar-refractivity contribution in [3.05, 3.63) is 35.9 Å². The molecule has 0 saturated carbocycles. The van der Waals surface area contributed by atoms with Gasteiger partial charge in [0.05, 0.1) is 0 Å². The van der Waals surface area contributed by atoms with Crippen molar-refractivity contribution >= 4 is 18.3 Å². The molecule has 1 aromatic rings. The Bertz CT molecular complexity index is 339. The summed E-state index contributed by atoms with van der Waals surface area (Å²) >= 11 is 0. The van der Waals surface area contributed by atoms with E-state index in [0.29, 0.717) is 12.3 Å². The topological polar surface area (TPSA) is 41.1 Å². The average Bonchev–Trinajstić information content (AvgIpc) is 2.26. The predicted octanol–water partition coefficient (Wildman–Crippen LogP) is 1.38. The van der Waals surface area contributed by atoms with Crippen LogP contribution in [0.15, 0.2) is 30.3 Å². The van der Waals surface area contributed by atoms with Crippen molar-refractivity contribution in [2.24, 2.45) is 5.92 Å². The first-order valence-electron chi connectivity index (χ1n) is 5.86. The normalized spacial score (nSPS) is 14.6. The fourth-order valence-electron chi connectivity index (χ4n) is 1.74. The van der Waals surface area contributed by atoms with Crippen LogP contribution in [0.1, 0.15) is 12.0 Å². The highest BCUT2D eigenvalue weighted by atomic mass is 35.5. The van der Waals surface area contributed by atoms with E-state index in [-0.39, 0.29) is 18.3 Å². The van der Waals surface area contributed by atoms with Gasteiger partial charge in [-0.25, -0.2) is 0 Å². The monoisotopic (exact) mass is 254 g/mol. The number of aryl methyl sites for hydroxylation is 1. The van der Waals surface area contributed by atoms with Gasteiger partial charge in [-0.05, 0) is 12.0 Å². The lowest BCUT2D eigenvalue weighted by molar-refractivity contribution is -0.121. The van der Waals surface area contributed by atoms with E-state index in [4.69, 9.17) is 0 Å². The lowest BCUT2D eigenvalue weighted by atomic mass is 10.0. The standard InChI is InChI=1S/C13H18N2O.ClH/c16-13(15-10-12-8-14-9-12)7-6-11-4-2-1-3-5-11;/h1-5,12,14H,6-10H2,(H,15,16);1H. The summed E-state index contributed by atoms with van der Waals surface area (Å²) in [6.45, 7) is 2.90. The van der Waals surface area contributed by atoms with Crippen molar-refractivity contribution in [3.8, 4) is 0 Å². The van der Waals surface area contributed by atoms with Gasteiger partial charge in [-0.15, -0.1) is 12.4 Å². The number of hydrogen-bond donors (Lipinski definition) is 2. The number of halogens is 1. The smallest absolute Gasteiger partial charge is 0.220 e. The Kier molecular flexibility index (Phi) is 6.01. The minimum Gasteiger partial charge on any atom is -0.356 e. The molecule has 4 heteroatoms. The second-order valence-electron chi connectivity index (χ2n) is 4.31. The molecule has 2 N–H and O–H groups in total. The van der Waals surface area contributed by atoms with Gasteiger partial charge in [-0.3, -0.25) is 4.79 Å². The molecule has 1 aromatic carbocycles. The van der Waals surface area contributed by atoms with E-state index in [9.17, 15) is 4.79 Å². The van der Waals surface area contributed by atoms with Gasteiger partial charge in [0, 0.05) is 32.0 Å². The summed E-state index contributed by atoms with van der Waals surface area (Å²) < 4.78 is 0. The lowest BCUT2D eigenvalue weighted by Gasteiger charge is -2.27. The SMILES string of the molecule is Cl.O=C(CCc1ccccc1)NCC1CNC1. The summed E-state index contributed by atoms with van der Waals surface area (Å²) in [6.07, 6.45) is 1.42. The number of carbonyl (C=O) groups excluding carboxylic acids is 1. The maximum Gasteiger partial charge on any atom is 0.220 e. The quantitative estimate of drug-likeness (QED) is 0.834. The molecule has 1 heterocycles. The average molecular weight is 255 g/mol. The zero-order chi connectivity index (χ0) is 11.2. The maximum atomic E-state index is 11.5. The fourth-order valence-corrected chi connectivity index (χ4v) is 1.74. The second kappa shape index (κ2) is 7.30. The van der Waals surface area contributed by atoms with Crippen LogP contribution < -0.4 is 10.6 Å². The molecule has 0 spiro atoms.